The van der Waals surface area contributed by atoms with Crippen molar-refractivity contribution in [3.8, 4) is 5.75 Å². The Kier molecular flexibility index (Phi) is 6.60. The van der Waals surface area contributed by atoms with E-state index in [1.165, 1.54) is 4.88 Å². The molecule has 2 N–H and O–H groups in total. The van der Waals surface area contributed by atoms with Crippen LogP contribution < -0.4 is 5.32 Å². The molecule has 0 atom stereocenters. The Morgan fingerprint density at radius 1 is 1.28 bits per heavy atom. The second-order valence-corrected chi connectivity index (χ2v) is 10.2. The maximum absolute atomic E-state index is 13.0. The van der Waals surface area contributed by atoms with Crippen LogP contribution in [0, 0.1) is 7.14 Å². The zero-order valence-electron chi connectivity index (χ0n) is 15.4. The first-order chi connectivity index (χ1) is 14.0. The van der Waals surface area contributed by atoms with Crippen LogP contribution in [0.1, 0.15) is 45.0 Å². The second kappa shape index (κ2) is 9.17. The number of aryl methyl sites for hydroxylation is 1. The quantitative estimate of drug-likeness (QED) is 0.276. The number of phenolic OH excluding ortho intramolecular Hbond substituents is 1. The molecule has 8 heteroatoms. The maximum Gasteiger partial charge on any atom is 0.255 e. The van der Waals surface area contributed by atoms with Gasteiger partial charge in [0.15, 0.2) is 0 Å². The van der Waals surface area contributed by atoms with Crippen molar-refractivity contribution in [3.63, 3.8) is 0 Å². The van der Waals surface area contributed by atoms with Crippen LogP contribution in [0.15, 0.2) is 39.9 Å². The van der Waals surface area contributed by atoms with E-state index in [1.54, 1.807) is 23.8 Å². The molecule has 1 amide bonds. The summed E-state index contributed by atoms with van der Waals surface area (Å²) in [5.74, 6) is 0.900. The van der Waals surface area contributed by atoms with Crippen molar-refractivity contribution in [1.82, 2.24) is 5.32 Å². The summed E-state index contributed by atoms with van der Waals surface area (Å²) in [7, 11) is 0. The molecule has 0 radical (unpaired) electrons. The van der Waals surface area contributed by atoms with E-state index in [2.05, 4.69) is 55.5 Å². The monoisotopic (exact) mass is 632 g/mol. The number of nitrogens with one attached hydrogen (secondary N) is 1. The van der Waals surface area contributed by atoms with E-state index in [0.29, 0.717) is 12.1 Å². The molecule has 0 fully saturated rings. The smallest absolute Gasteiger partial charge is 0.255 e. The second-order valence-electron chi connectivity index (χ2n) is 6.74. The van der Waals surface area contributed by atoms with Gasteiger partial charge in [0.2, 0.25) is 0 Å². The SMILES string of the molecule is O=C(NCc1ccco1)c1c(N=Cc2cc(I)c(O)c(I)c2)sc2c1CCCC2. The van der Waals surface area contributed by atoms with Gasteiger partial charge in [0.25, 0.3) is 5.91 Å². The van der Waals surface area contributed by atoms with Gasteiger partial charge in [-0.1, -0.05) is 0 Å². The molecule has 0 aliphatic heterocycles. The number of benzene rings is 1. The molecule has 4 rings (SSSR count). The number of thiophene rings is 1. The molecule has 1 aliphatic carbocycles. The fourth-order valence-electron chi connectivity index (χ4n) is 3.34. The highest BCUT2D eigenvalue weighted by Crippen LogP contribution is 2.40. The van der Waals surface area contributed by atoms with Gasteiger partial charge in [-0.25, -0.2) is 4.99 Å². The zero-order chi connectivity index (χ0) is 20.4. The van der Waals surface area contributed by atoms with E-state index in [1.807, 2.05) is 24.3 Å². The zero-order valence-corrected chi connectivity index (χ0v) is 20.5. The van der Waals surface area contributed by atoms with Gasteiger partial charge >= 0.3 is 0 Å². The number of nitrogens with zero attached hydrogens (tertiary/aromatic N) is 1. The lowest BCUT2D eigenvalue weighted by Gasteiger charge is -2.12. The minimum absolute atomic E-state index is 0.109. The number of phenols is 1. The van der Waals surface area contributed by atoms with Gasteiger partial charge in [0, 0.05) is 11.1 Å². The van der Waals surface area contributed by atoms with Crippen molar-refractivity contribution < 1.29 is 14.3 Å². The predicted molar refractivity (Wildman–Crippen MR) is 132 cm³/mol. The molecular formula is C21H18I2N2O3S. The first-order valence-electron chi connectivity index (χ1n) is 9.20. The van der Waals surface area contributed by atoms with Gasteiger partial charge in [0.05, 0.1) is 25.5 Å². The lowest BCUT2D eigenvalue weighted by atomic mass is 9.95. The van der Waals surface area contributed by atoms with Gasteiger partial charge in [-0.2, -0.15) is 0 Å². The topological polar surface area (TPSA) is 74.8 Å². The van der Waals surface area contributed by atoms with Crippen LogP contribution >= 0.6 is 56.5 Å². The molecule has 0 unspecified atom stereocenters. The molecule has 0 spiro atoms. The first kappa shape index (κ1) is 20.9. The molecule has 0 saturated heterocycles. The summed E-state index contributed by atoms with van der Waals surface area (Å²) in [6, 6.07) is 7.41. The molecule has 1 aliphatic rings. The summed E-state index contributed by atoms with van der Waals surface area (Å²) in [6.07, 6.45) is 7.54. The molecule has 1 aromatic carbocycles. The van der Waals surface area contributed by atoms with Gasteiger partial charge in [0.1, 0.15) is 16.5 Å². The van der Waals surface area contributed by atoms with Gasteiger partial charge < -0.3 is 14.8 Å². The number of amides is 1. The summed E-state index contributed by atoms with van der Waals surface area (Å²) in [4.78, 5) is 18.9. The minimum atomic E-state index is -0.109. The third-order valence-electron chi connectivity index (χ3n) is 4.75. The van der Waals surface area contributed by atoms with E-state index in [9.17, 15) is 9.90 Å². The Morgan fingerprint density at radius 2 is 2.03 bits per heavy atom. The molecule has 0 bridgehead atoms. The average molecular weight is 632 g/mol. The van der Waals surface area contributed by atoms with Crippen LogP contribution in [0.25, 0.3) is 0 Å². The van der Waals surface area contributed by atoms with E-state index < -0.39 is 0 Å². The first-order valence-corrected chi connectivity index (χ1v) is 12.2. The number of hydrogen-bond acceptors (Lipinski definition) is 5. The molecular weight excluding hydrogens is 614 g/mol. The average Bonchev–Trinajstić information content (AvgIpc) is 3.36. The van der Waals surface area contributed by atoms with Gasteiger partial charge in [-0.15, -0.1) is 11.3 Å². The van der Waals surface area contributed by atoms with E-state index in [4.69, 9.17) is 4.42 Å². The fraction of sp³-hybridized carbons (Fsp3) is 0.238. The van der Waals surface area contributed by atoms with E-state index in [0.717, 1.165) is 54.7 Å². The lowest BCUT2D eigenvalue weighted by Crippen LogP contribution is -2.23. The number of halogens is 2. The van der Waals surface area contributed by atoms with Crippen molar-refractivity contribution in [2.75, 3.05) is 0 Å². The summed E-state index contributed by atoms with van der Waals surface area (Å²) in [5.41, 5.74) is 2.72. The number of furan rings is 1. The number of fused-ring (bicyclic) bond motifs is 1. The van der Waals surface area contributed by atoms with Crippen LogP contribution in [-0.4, -0.2) is 17.2 Å². The highest BCUT2D eigenvalue weighted by molar-refractivity contribution is 14.1. The van der Waals surface area contributed by atoms with Crippen molar-refractivity contribution >= 4 is 73.6 Å². The highest BCUT2D eigenvalue weighted by Gasteiger charge is 2.25. The Hall–Kier alpha value is -1.40. The molecule has 2 heterocycles. The normalized spacial score (nSPS) is 13.6. The Labute approximate surface area is 199 Å². The Morgan fingerprint density at radius 3 is 2.76 bits per heavy atom. The number of carbonyl (C=O) groups excluding carboxylic acids is 1. The van der Waals surface area contributed by atoms with Crippen LogP contribution in [0.4, 0.5) is 5.00 Å². The Balaban J connectivity index is 1.64. The van der Waals surface area contributed by atoms with Crippen LogP contribution in [0.2, 0.25) is 0 Å². The third-order valence-corrected chi connectivity index (χ3v) is 7.60. The summed E-state index contributed by atoms with van der Waals surface area (Å²) in [6.45, 7) is 0.355. The maximum atomic E-state index is 13.0. The lowest BCUT2D eigenvalue weighted by molar-refractivity contribution is 0.0948. The number of hydrogen-bond donors (Lipinski definition) is 2. The Bertz CT molecular complexity index is 1050. The van der Waals surface area contributed by atoms with Crippen LogP contribution in [0.3, 0.4) is 0 Å². The van der Waals surface area contributed by atoms with Crippen molar-refractivity contribution in [3.05, 3.63) is 65.0 Å². The number of aromatic hydroxyl groups is 1. The van der Waals surface area contributed by atoms with Crippen molar-refractivity contribution in [2.24, 2.45) is 4.99 Å². The third kappa shape index (κ3) is 4.69. The van der Waals surface area contributed by atoms with Crippen LogP contribution in [0.5, 0.6) is 5.75 Å². The molecule has 29 heavy (non-hydrogen) atoms. The van der Waals surface area contributed by atoms with Crippen molar-refractivity contribution in [1.29, 1.82) is 0 Å². The fourth-order valence-corrected chi connectivity index (χ4v) is 6.39. The highest BCUT2D eigenvalue weighted by atomic mass is 127. The number of aliphatic imine (C=N–C) groups is 1. The summed E-state index contributed by atoms with van der Waals surface area (Å²) < 4.78 is 6.87. The molecule has 2 aromatic heterocycles. The number of carbonyl (C=O) groups is 1. The minimum Gasteiger partial charge on any atom is -0.506 e. The van der Waals surface area contributed by atoms with E-state index >= 15 is 0 Å². The van der Waals surface area contributed by atoms with Crippen molar-refractivity contribution in [2.45, 2.75) is 32.2 Å². The van der Waals surface area contributed by atoms with Gasteiger partial charge in [-0.3, -0.25) is 4.79 Å². The largest absolute Gasteiger partial charge is 0.506 e. The molecule has 5 nitrogen and oxygen atoms in total. The predicted octanol–water partition coefficient (Wildman–Crippen LogP) is 5.82. The summed E-state index contributed by atoms with van der Waals surface area (Å²) in [5, 5.41) is 13.7. The van der Waals surface area contributed by atoms with Crippen LogP contribution in [-0.2, 0) is 19.4 Å². The molecule has 150 valence electrons. The standard InChI is InChI=1S/C21H18I2N2O3S/c22-15-8-12(9-16(23)19(15)26)10-25-21-18(14-5-1-2-6-17(14)29-21)20(27)24-11-13-4-3-7-28-13/h3-4,7-10,26H,1-2,5-6,11H2,(H,24,27). The molecule has 3 aromatic rings. The number of rotatable bonds is 5. The van der Waals surface area contributed by atoms with E-state index in [-0.39, 0.29) is 11.7 Å². The van der Waals surface area contributed by atoms with Gasteiger partial charge in [-0.05, 0) is 106 Å². The molecule has 0 saturated carbocycles. The summed E-state index contributed by atoms with van der Waals surface area (Å²) >= 11 is 5.82.